The summed E-state index contributed by atoms with van der Waals surface area (Å²) in [5.41, 5.74) is 8.96. The van der Waals surface area contributed by atoms with Crippen LogP contribution in [0.4, 0.5) is 0 Å². The second-order valence-electron chi connectivity index (χ2n) is 3.78. The van der Waals surface area contributed by atoms with E-state index in [1.54, 1.807) is 0 Å². The quantitative estimate of drug-likeness (QED) is 0.620. The molecule has 1 unspecified atom stereocenters. The molecule has 1 aliphatic carbocycles. The number of rotatable bonds is 0. The van der Waals surface area contributed by atoms with Crippen LogP contribution >= 0.6 is 0 Å². The van der Waals surface area contributed by atoms with E-state index in [1.807, 2.05) is 0 Å². The van der Waals surface area contributed by atoms with E-state index in [2.05, 4.69) is 38.1 Å². The molecule has 0 saturated carbocycles. The average Bonchev–Trinajstić information content (AvgIpc) is 2.33. The molecule has 1 aromatic rings. The fourth-order valence-electron chi connectivity index (χ4n) is 2.19. The first kappa shape index (κ1) is 7.81. The maximum Gasteiger partial charge on any atom is 0.0172 e. The van der Waals surface area contributed by atoms with Gasteiger partial charge in [-0.15, -0.1) is 0 Å². The van der Waals surface area contributed by atoms with Crippen LogP contribution in [0.1, 0.15) is 36.8 Å². The number of benzene rings is 1. The fourth-order valence-corrected chi connectivity index (χ4v) is 2.19. The molecule has 0 spiro atoms. The standard InChI is InChI=1S/C11H15N/c1-7-9-5-3-4-6-10(9)8(2)11(7)12/h3-8,11H,12H2,1-2H3/t7-,8+,11?. The SMILES string of the molecule is C[C@@H]1c2ccccc2[C@H](C)C1N. The molecule has 12 heavy (non-hydrogen) atoms. The third-order valence-electron chi connectivity index (χ3n) is 3.13. The van der Waals surface area contributed by atoms with Gasteiger partial charge < -0.3 is 5.73 Å². The maximum absolute atomic E-state index is 6.07. The molecule has 0 bridgehead atoms. The molecule has 0 saturated heterocycles. The van der Waals surface area contributed by atoms with Gasteiger partial charge in [0.05, 0.1) is 0 Å². The Labute approximate surface area is 73.6 Å². The summed E-state index contributed by atoms with van der Waals surface area (Å²) in [6.07, 6.45) is 0. The molecule has 2 N–H and O–H groups in total. The molecule has 0 heterocycles. The van der Waals surface area contributed by atoms with E-state index in [1.165, 1.54) is 11.1 Å². The number of nitrogens with two attached hydrogens (primary N) is 1. The van der Waals surface area contributed by atoms with Crippen molar-refractivity contribution < 1.29 is 0 Å². The van der Waals surface area contributed by atoms with E-state index >= 15 is 0 Å². The summed E-state index contributed by atoms with van der Waals surface area (Å²) in [7, 11) is 0. The molecular formula is C11H15N. The van der Waals surface area contributed by atoms with E-state index in [0.717, 1.165) is 0 Å². The summed E-state index contributed by atoms with van der Waals surface area (Å²) in [4.78, 5) is 0. The monoisotopic (exact) mass is 161 g/mol. The van der Waals surface area contributed by atoms with Crippen molar-refractivity contribution in [3.05, 3.63) is 35.4 Å². The normalized spacial score (nSPS) is 33.4. The molecule has 1 nitrogen and oxygen atoms in total. The first-order valence-electron chi connectivity index (χ1n) is 4.56. The highest BCUT2D eigenvalue weighted by Crippen LogP contribution is 2.39. The van der Waals surface area contributed by atoms with Crippen LogP contribution in [0.25, 0.3) is 0 Å². The molecule has 2 rings (SSSR count). The van der Waals surface area contributed by atoms with E-state index in [0.29, 0.717) is 17.9 Å². The van der Waals surface area contributed by atoms with Crippen molar-refractivity contribution in [2.24, 2.45) is 5.73 Å². The van der Waals surface area contributed by atoms with Gasteiger partial charge in [0, 0.05) is 6.04 Å². The Hall–Kier alpha value is -0.820. The lowest BCUT2D eigenvalue weighted by Gasteiger charge is -2.13. The van der Waals surface area contributed by atoms with Crippen molar-refractivity contribution in [3.8, 4) is 0 Å². The zero-order valence-corrected chi connectivity index (χ0v) is 7.62. The van der Waals surface area contributed by atoms with Gasteiger partial charge in [-0.1, -0.05) is 38.1 Å². The van der Waals surface area contributed by atoms with Gasteiger partial charge in [0.1, 0.15) is 0 Å². The van der Waals surface area contributed by atoms with E-state index in [-0.39, 0.29) is 0 Å². The van der Waals surface area contributed by atoms with Crippen molar-refractivity contribution in [1.29, 1.82) is 0 Å². The van der Waals surface area contributed by atoms with Crippen molar-refractivity contribution in [1.82, 2.24) is 0 Å². The predicted molar refractivity (Wildman–Crippen MR) is 51.2 cm³/mol. The van der Waals surface area contributed by atoms with Gasteiger partial charge in [0.25, 0.3) is 0 Å². The summed E-state index contributed by atoms with van der Waals surface area (Å²) in [5, 5.41) is 0. The first-order chi connectivity index (χ1) is 5.72. The summed E-state index contributed by atoms with van der Waals surface area (Å²) in [6, 6.07) is 8.90. The predicted octanol–water partition coefficient (Wildman–Crippen LogP) is 2.23. The van der Waals surface area contributed by atoms with Gasteiger partial charge in [0.2, 0.25) is 0 Å². The Kier molecular flexibility index (Phi) is 1.69. The smallest absolute Gasteiger partial charge is 0.0172 e. The lowest BCUT2D eigenvalue weighted by molar-refractivity contribution is 0.544. The molecule has 0 aliphatic heterocycles. The zero-order valence-electron chi connectivity index (χ0n) is 7.62. The first-order valence-corrected chi connectivity index (χ1v) is 4.56. The van der Waals surface area contributed by atoms with Crippen LogP contribution in [0, 0.1) is 0 Å². The van der Waals surface area contributed by atoms with Gasteiger partial charge in [-0.2, -0.15) is 0 Å². The van der Waals surface area contributed by atoms with Crippen molar-refractivity contribution in [3.63, 3.8) is 0 Å². The third kappa shape index (κ3) is 0.896. The Balaban J connectivity index is 2.52. The van der Waals surface area contributed by atoms with Gasteiger partial charge in [0.15, 0.2) is 0 Å². The third-order valence-corrected chi connectivity index (χ3v) is 3.13. The van der Waals surface area contributed by atoms with E-state index in [4.69, 9.17) is 5.73 Å². The Morgan fingerprint density at radius 1 is 1.00 bits per heavy atom. The Bertz CT molecular complexity index is 264. The fraction of sp³-hybridized carbons (Fsp3) is 0.455. The summed E-state index contributed by atoms with van der Waals surface area (Å²) >= 11 is 0. The van der Waals surface area contributed by atoms with E-state index in [9.17, 15) is 0 Å². The minimum Gasteiger partial charge on any atom is -0.327 e. The van der Waals surface area contributed by atoms with Crippen molar-refractivity contribution >= 4 is 0 Å². The number of hydrogen-bond acceptors (Lipinski definition) is 1. The average molecular weight is 161 g/mol. The van der Waals surface area contributed by atoms with Crippen LogP contribution in [0.2, 0.25) is 0 Å². The van der Waals surface area contributed by atoms with Crippen molar-refractivity contribution in [2.45, 2.75) is 31.7 Å². The van der Waals surface area contributed by atoms with Crippen LogP contribution in [0.5, 0.6) is 0 Å². The lowest BCUT2D eigenvalue weighted by Crippen LogP contribution is -2.25. The van der Waals surface area contributed by atoms with Crippen LogP contribution < -0.4 is 5.73 Å². The highest BCUT2D eigenvalue weighted by Gasteiger charge is 2.31. The number of hydrogen-bond donors (Lipinski definition) is 1. The van der Waals surface area contributed by atoms with E-state index < -0.39 is 0 Å². The van der Waals surface area contributed by atoms with Crippen LogP contribution in [0.15, 0.2) is 24.3 Å². The second kappa shape index (κ2) is 2.60. The molecule has 1 aliphatic rings. The van der Waals surface area contributed by atoms with Gasteiger partial charge in [-0.25, -0.2) is 0 Å². The highest BCUT2D eigenvalue weighted by molar-refractivity contribution is 5.40. The molecule has 0 aromatic heterocycles. The van der Waals surface area contributed by atoms with Crippen LogP contribution in [0.3, 0.4) is 0 Å². The number of fused-ring (bicyclic) bond motifs is 1. The molecule has 0 fully saturated rings. The molecule has 3 atom stereocenters. The molecule has 0 radical (unpaired) electrons. The zero-order chi connectivity index (χ0) is 8.72. The minimum absolute atomic E-state index is 0.308. The van der Waals surface area contributed by atoms with Gasteiger partial charge in [-0.05, 0) is 23.0 Å². The van der Waals surface area contributed by atoms with Crippen LogP contribution in [-0.4, -0.2) is 6.04 Å². The maximum atomic E-state index is 6.07. The molecular weight excluding hydrogens is 146 g/mol. The summed E-state index contributed by atoms with van der Waals surface area (Å²) < 4.78 is 0. The lowest BCUT2D eigenvalue weighted by atomic mass is 9.99. The summed E-state index contributed by atoms with van der Waals surface area (Å²) in [6.45, 7) is 4.43. The summed E-state index contributed by atoms with van der Waals surface area (Å²) in [5.74, 6) is 1.05. The largest absolute Gasteiger partial charge is 0.327 e. The topological polar surface area (TPSA) is 26.0 Å². The second-order valence-corrected chi connectivity index (χ2v) is 3.78. The highest BCUT2D eigenvalue weighted by atomic mass is 14.7. The van der Waals surface area contributed by atoms with Crippen LogP contribution in [-0.2, 0) is 0 Å². The molecule has 1 heteroatoms. The van der Waals surface area contributed by atoms with Crippen molar-refractivity contribution in [2.75, 3.05) is 0 Å². The Morgan fingerprint density at radius 3 is 1.83 bits per heavy atom. The van der Waals surface area contributed by atoms with Gasteiger partial charge in [-0.3, -0.25) is 0 Å². The van der Waals surface area contributed by atoms with Gasteiger partial charge >= 0.3 is 0 Å². The molecule has 0 amide bonds. The minimum atomic E-state index is 0.308. The molecule has 64 valence electrons. The molecule has 1 aromatic carbocycles. The Morgan fingerprint density at radius 2 is 1.42 bits per heavy atom.